The number of aromatic amines is 1. The molecule has 14 heavy (non-hydrogen) atoms. The van der Waals surface area contributed by atoms with Crippen LogP contribution in [0.25, 0.3) is 11.2 Å². The highest BCUT2D eigenvalue weighted by molar-refractivity contribution is 5.67. The highest BCUT2D eigenvalue weighted by Crippen LogP contribution is 2.00. The van der Waals surface area contributed by atoms with Crippen molar-refractivity contribution < 1.29 is 4.57 Å². The molecule has 2 aromatic heterocycles. The summed E-state index contributed by atoms with van der Waals surface area (Å²) in [5.41, 5.74) is 5.91. The van der Waals surface area contributed by atoms with Crippen LogP contribution in [0, 0.1) is 0 Å². The van der Waals surface area contributed by atoms with Gasteiger partial charge >= 0.3 is 5.65 Å². The zero-order valence-corrected chi connectivity index (χ0v) is 7.69. The van der Waals surface area contributed by atoms with E-state index in [0.29, 0.717) is 17.7 Å². The third kappa shape index (κ3) is 1.02. The molecule has 0 aliphatic carbocycles. The molecular weight excluding hydrogens is 184 g/mol. The lowest BCUT2D eigenvalue weighted by atomic mass is 10.5. The first-order chi connectivity index (χ1) is 6.63. The molecule has 0 aliphatic heterocycles. The number of fused-ring (bicyclic) bond motifs is 1. The van der Waals surface area contributed by atoms with E-state index < -0.39 is 0 Å². The van der Waals surface area contributed by atoms with Gasteiger partial charge in [0.15, 0.2) is 0 Å². The second-order valence-electron chi connectivity index (χ2n) is 2.93. The van der Waals surface area contributed by atoms with Crippen LogP contribution in [-0.2, 0) is 6.54 Å². The number of hydrogen-bond acceptors (Lipinski definition) is 4. The van der Waals surface area contributed by atoms with E-state index in [9.17, 15) is 4.79 Å². The summed E-state index contributed by atoms with van der Waals surface area (Å²) in [5.74, 6) is 5.69. The molecule has 5 N–H and O–H groups in total. The van der Waals surface area contributed by atoms with Crippen molar-refractivity contribution in [3.8, 4) is 0 Å². The minimum atomic E-state index is -0.331. The Kier molecular flexibility index (Phi) is 1.66. The maximum absolute atomic E-state index is 11.5. The first-order valence-electron chi connectivity index (χ1n) is 4.19. The van der Waals surface area contributed by atoms with Gasteiger partial charge in [0.25, 0.3) is 17.0 Å². The standard InChI is InChI=1S/C7H10N6O/c1-2-12-3-13(9)4-5(12)10-7(8)11-6(4)14/h3H,2,9H2,1H3,(H2-,8,10,11,14)/p+1. The maximum atomic E-state index is 11.5. The maximum Gasteiger partial charge on any atom is 0.313 e. The van der Waals surface area contributed by atoms with Gasteiger partial charge in [0.2, 0.25) is 6.33 Å². The Labute approximate surface area is 78.9 Å². The van der Waals surface area contributed by atoms with Crippen molar-refractivity contribution >= 4 is 17.1 Å². The Morgan fingerprint density at radius 1 is 1.71 bits per heavy atom. The van der Waals surface area contributed by atoms with Gasteiger partial charge in [-0.1, -0.05) is 4.98 Å². The van der Waals surface area contributed by atoms with Crippen LogP contribution in [0.15, 0.2) is 11.1 Å². The van der Waals surface area contributed by atoms with Crippen LogP contribution in [0.4, 0.5) is 5.95 Å². The molecule has 2 heterocycles. The normalized spacial score (nSPS) is 10.9. The molecule has 0 aromatic carbocycles. The second kappa shape index (κ2) is 2.72. The summed E-state index contributed by atoms with van der Waals surface area (Å²) in [6.45, 7) is 2.61. The summed E-state index contributed by atoms with van der Waals surface area (Å²) < 4.78 is 2.99. The lowest BCUT2D eigenvalue weighted by Gasteiger charge is -1.89. The number of imidazole rings is 1. The molecule has 0 atom stereocenters. The predicted octanol–water partition coefficient (Wildman–Crippen LogP) is -1.67. The number of nitrogen functional groups attached to an aromatic ring is 2. The largest absolute Gasteiger partial charge is 0.355 e. The van der Waals surface area contributed by atoms with Crippen LogP contribution < -0.4 is 21.7 Å². The van der Waals surface area contributed by atoms with E-state index >= 15 is 0 Å². The summed E-state index contributed by atoms with van der Waals surface area (Å²) in [6.07, 6.45) is 1.60. The zero-order chi connectivity index (χ0) is 10.3. The van der Waals surface area contributed by atoms with E-state index in [4.69, 9.17) is 11.6 Å². The Bertz CT molecular complexity index is 539. The van der Waals surface area contributed by atoms with Crippen molar-refractivity contribution in [2.45, 2.75) is 13.5 Å². The topological polar surface area (TPSA) is 107 Å². The van der Waals surface area contributed by atoms with Gasteiger partial charge in [0.1, 0.15) is 0 Å². The van der Waals surface area contributed by atoms with E-state index in [1.165, 1.54) is 4.68 Å². The van der Waals surface area contributed by atoms with Gasteiger partial charge in [0.05, 0.1) is 6.54 Å². The average Bonchev–Trinajstić information content (AvgIpc) is 2.42. The monoisotopic (exact) mass is 195 g/mol. The number of rotatable bonds is 1. The summed E-state index contributed by atoms with van der Waals surface area (Å²) in [5, 5.41) is 0. The molecule has 0 aliphatic rings. The minimum absolute atomic E-state index is 0.0934. The smallest absolute Gasteiger partial charge is 0.313 e. The van der Waals surface area contributed by atoms with Gasteiger partial charge in [-0.15, -0.1) is 0 Å². The lowest BCUT2D eigenvalue weighted by molar-refractivity contribution is -0.670. The Hall–Kier alpha value is -2.05. The molecule has 0 unspecified atom stereocenters. The molecule has 2 aromatic rings. The summed E-state index contributed by atoms with van der Waals surface area (Å²) in [4.78, 5) is 17.9. The number of anilines is 1. The van der Waals surface area contributed by atoms with Crippen LogP contribution in [0.2, 0.25) is 0 Å². The summed E-state index contributed by atoms with van der Waals surface area (Å²) in [7, 11) is 0. The van der Waals surface area contributed by atoms with E-state index in [-0.39, 0.29) is 11.5 Å². The fourth-order valence-electron chi connectivity index (χ4n) is 1.40. The third-order valence-corrected chi connectivity index (χ3v) is 2.03. The highest BCUT2D eigenvalue weighted by Gasteiger charge is 2.18. The third-order valence-electron chi connectivity index (χ3n) is 2.03. The van der Waals surface area contributed by atoms with Gasteiger partial charge in [0, 0.05) is 0 Å². The Balaban J connectivity index is 2.96. The van der Waals surface area contributed by atoms with Crippen molar-refractivity contribution in [1.29, 1.82) is 0 Å². The van der Waals surface area contributed by atoms with Gasteiger partial charge in [-0.2, -0.15) is 4.68 Å². The van der Waals surface area contributed by atoms with Crippen LogP contribution in [-0.4, -0.2) is 14.6 Å². The quantitative estimate of drug-likeness (QED) is 0.373. The molecule has 0 bridgehead atoms. The second-order valence-corrected chi connectivity index (χ2v) is 2.93. The SMILES string of the molecule is CC[n+]1cn(N)c2c(=O)[nH]c(N)nc21. The molecule has 0 fully saturated rings. The highest BCUT2D eigenvalue weighted by atomic mass is 16.1. The van der Waals surface area contributed by atoms with Crippen molar-refractivity contribution in [3.63, 3.8) is 0 Å². The molecule has 74 valence electrons. The molecule has 0 saturated heterocycles. The molecule has 0 amide bonds. The first kappa shape index (κ1) is 8.54. The number of nitrogens with two attached hydrogens (primary N) is 2. The van der Waals surface area contributed by atoms with E-state index in [0.717, 1.165) is 0 Å². The number of nitrogens with zero attached hydrogens (tertiary/aromatic N) is 3. The first-order valence-corrected chi connectivity index (χ1v) is 4.19. The van der Waals surface area contributed by atoms with Gasteiger partial charge < -0.3 is 5.73 Å². The van der Waals surface area contributed by atoms with Crippen molar-refractivity contribution in [2.75, 3.05) is 11.6 Å². The van der Waals surface area contributed by atoms with E-state index in [1.54, 1.807) is 10.9 Å². The van der Waals surface area contributed by atoms with Gasteiger partial charge in [-0.3, -0.25) is 15.6 Å². The molecule has 7 heteroatoms. The number of nitrogens with one attached hydrogen (secondary N) is 1. The molecule has 2 rings (SSSR count). The number of H-pyrrole nitrogens is 1. The fraction of sp³-hybridized carbons (Fsp3) is 0.286. The predicted molar refractivity (Wildman–Crippen MR) is 50.8 cm³/mol. The molecular formula is C7H11N6O+. The van der Waals surface area contributed by atoms with Gasteiger partial charge in [-0.25, -0.2) is 4.57 Å². The van der Waals surface area contributed by atoms with Crippen molar-refractivity contribution in [2.24, 2.45) is 0 Å². The van der Waals surface area contributed by atoms with E-state index in [2.05, 4.69) is 9.97 Å². The average molecular weight is 195 g/mol. The van der Waals surface area contributed by atoms with Crippen LogP contribution >= 0.6 is 0 Å². The van der Waals surface area contributed by atoms with Gasteiger partial charge in [-0.05, 0) is 6.92 Å². The Morgan fingerprint density at radius 2 is 2.43 bits per heavy atom. The van der Waals surface area contributed by atoms with Crippen molar-refractivity contribution in [1.82, 2.24) is 14.6 Å². The number of aromatic nitrogens is 4. The van der Waals surface area contributed by atoms with Crippen molar-refractivity contribution in [3.05, 3.63) is 16.7 Å². The number of hydrogen-bond donors (Lipinski definition) is 3. The number of aryl methyl sites for hydroxylation is 1. The van der Waals surface area contributed by atoms with Crippen LogP contribution in [0.1, 0.15) is 6.92 Å². The fourth-order valence-corrected chi connectivity index (χ4v) is 1.40. The molecule has 0 spiro atoms. The van der Waals surface area contributed by atoms with E-state index in [1.807, 2.05) is 6.92 Å². The van der Waals surface area contributed by atoms with Crippen LogP contribution in [0.3, 0.4) is 0 Å². The minimum Gasteiger partial charge on any atom is -0.355 e. The Morgan fingerprint density at radius 3 is 3.07 bits per heavy atom. The van der Waals surface area contributed by atoms with Crippen LogP contribution in [0.5, 0.6) is 0 Å². The molecule has 0 radical (unpaired) electrons. The summed E-state index contributed by atoms with van der Waals surface area (Å²) in [6, 6.07) is 0. The zero-order valence-electron chi connectivity index (χ0n) is 7.69. The lowest BCUT2D eigenvalue weighted by Crippen LogP contribution is -2.32. The molecule has 7 nitrogen and oxygen atoms in total. The molecule has 0 saturated carbocycles. The summed E-state index contributed by atoms with van der Waals surface area (Å²) >= 11 is 0.